The molecule has 0 saturated heterocycles. The van der Waals surface area contributed by atoms with E-state index in [0.29, 0.717) is 11.8 Å². The number of carbonyl (C=O) groups is 4. The lowest BCUT2D eigenvalue weighted by molar-refractivity contribution is -0.153. The molecule has 1 fully saturated rings. The number of carbonyl (C=O) groups excluding carboxylic acids is 4. The van der Waals surface area contributed by atoms with Crippen LogP contribution in [0.2, 0.25) is 0 Å². The van der Waals surface area contributed by atoms with Crippen molar-refractivity contribution in [1.82, 2.24) is 4.90 Å². The van der Waals surface area contributed by atoms with Crippen molar-refractivity contribution in [3.63, 3.8) is 0 Å². The summed E-state index contributed by atoms with van der Waals surface area (Å²) in [6, 6.07) is 3.42. The summed E-state index contributed by atoms with van der Waals surface area (Å²) < 4.78 is 5.34. The van der Waals surface area contributed by atoms with Crippen molar-refractivity contribution in [2.75, 3.05) is 14.1 Å². The van der Waals surface area contributed by atoms with Gasteiger partial charge in [0.05, 0.1) is 29.0 Å². The van der Waals surface area contributed by atoms with Crippen molar-refractivity contribution >= 4 is 29.5 Å². The Kier molecular flexibility index (Phi) is 5.39. The van der Waals surface area contributed by atoms with Crippen molar-refractivity contribution in [1.29, 1.82) is 0 Å². The number of nitrogens with two attached hydrogens (primary N) is 1. The molecule has 1 amide bonds. The third-order valence-corrected chi connectivity index (χ3v) is 7.66. The molecule has 0 bridgehead atoms. The van der Waals surface area contributed by atoms with Gasteiger partial charge < -0.3 is 30.6 Å². The first kappa shape index (κ1) is 24.5. The first-order valence-electron chi connectivity index (χ1n) is 11.5. The molecular weight excluding hydrogens is 484 g/mol. The molecule has 1 saturated carbocycles. The van der Waals surface area contributed by atoms with E-state index in [0.717, 1.165) is 0 Å². The number of nitrogens with zero attached hydrogens (tertiary/aromatic N) is 1. The third kappa shape index (κ3) is 3.14. The normalized spacial score (nSPS) is 27.2. The molecule has 6 N–H and O–H groups in total. The van der Waals surface area contributed by atoms with Crippen LogP contribution in [0.15, 0.2) is 45.8 Å². The number of primary amides is 1. The molecule has 0 spiro atoms. The Bertz CT molecular complexity index is 1460. The molecule has 37 heavy (non-hydrogen) atoms. The summed E-state index contributed by atoms with van der Waals surface area (Å²) >= 11 is 0. The van der Waals surface area contributed by atoms with Crippen molar-refractivity contribution in [2.45, 2.75) is 24.5 Å². The summed E-state index contributed by atoms with van der Waals surface area (Å²) in [5.41, 5.74) is 2.17. The lowest BCUT2D eigenvalue weighted by Crippen LogP contribution is -2.65. The topological polar surface area (TPSA) is 192 Å². The third-order valence-electron chi connectivity index (χ3n) is 7.66. The van der Waals surface area contributed by atoms with Crippen LogP contribution >= 0.6 is 0 Å². The number of hydrogen-bond donors (Lipinski definition) is 5. The number of aldehydes is 1. The second kappa shape index (κ2) is 8.15. The van der Waals surface area contributed by atoms with Crippen LogP contribution in [0.1, 0.15) is 27.9 Å². The van der Waals surface area contributed by atoms with Crippen molar-refractivity contribution in [3.8, 4) is 17.1 Å². The first-order chi connectivity index (χ1) is 17.4. The van der Waals surface area contributed by atoms with E-state index in [2.05, 4.69) is 0 Å². The summed E-state index contributed by atoms with van der Waals surface area (Å²) in [5.74, 6) is -7.14. The molecule has 0 radical (unpaired) electrons. The highest BCUT2D eigenvalue weighted by atomic mass is 16.3. The number of phenolic OH excluding ortho intramolecular Hbond substituents is 1. The minimum Gasteiger partial charge on any atom is -0.508 e. The second-order valence-electron chi connectivity index (χ2n) is 9.78. The molecule has 11 heteroatoms. The van der Waals surface area contributed by atoms with Crippen molar-refractivity contribution in [2.24, 2.45) is 17.6 Å². The maximum atomic E-state index is 13.8. The van der Waals surface area contributed by atoms with Gasteiger partial charge in [0.15, 0.2) is 17.7 Å². The number of amides is 1. The smallest absolute Gasteiger partial charge is 0.255 e. The van der Waals surface area contributed by atoms with E-state index in [1.807, 2.05) is 0 Å². The number of rotatable bonds is 4. The van der Waals surface area contributed by atoms with E-state index in [-0.39, 0.29) is 40.9 Å². The Morgan fingerprint density at radius 3 is 2.51 bits per heavy atom. The average Bonchev–Trinajstić information content (AvgIpc) is 3.29. The lowest BCUT2D eigenvalue weighted by atomic mass is 9.57. The maximum Gasteiger partial charge on any atom is 0.255 e. The molecule has 0 unspecified atom stereocenters. The number of phenols is 1. The average molecular weight is 508 g/mol. The molecule has 4 atom stereocenters. The Morgan fingerprint density at radius 2 is 1.89 bits per heavy atom. The summed E-state index contributed by atoms with van der Waals surface area (Å²) in [7, 11) is 3.07. The molecule has 1 heterocycles. The van der Waals surface area contributed by atoms with Crippen LogP contribution in [0.25, 0.3) is 17.1 Å². The minimum atomic E-state index is -2.70. The monoisotopic (exact) mass is 508 g/mol. The predicted octanol–water partition coefficient (Wildman–Crippen LogP) is 1.04. The number of likely N-dealkylation sites (N-methyl/N-ethyl adjacent to an activating group) is 1. The summed E-state index contributed by atoms with van der Waals surface area (Å²) in [6.45, 7) is 0. The maximum absolute atomic E-state index is 13.8. The molecule has 1 aromatic carbocycles. The number of furan rings is 1. The quantitative estimate of drug-likeness (QED) is 0.294. The summed E-state index contributed by atoms with van der Waals surface area (Å²) in [5, 5.41) is 44.8. The molecule has 1 aromatic heterocycles. The molecular formula is C26H24N2O9. The largest absolute Gasteiger partial charge is 0.508 e. The highest BCUT2D eigenvalue weighted by Gasteiger charge is 2.64. The zero-order valence-electron chi connectivity index (χ0n) is 19.9. The van der Waals surface area contributed by atoms with Crippen LogP contribution in [-0.4, -0.2) is 74.8 Å². The van der Waals surface area contributed by atoms with Gasteiger partial charge in [0.2, 0.25) is 5.78 Å². The van der Waals surface area contributed by atoms with Gasteiger partial charge in [-0.3, -0.25) is 24.1 Å². The van der Waals surface area contributed by atoms with E-state index < -0.39 is 63.8 Å². The molecule has 3 aliphatic carbocycles. The van der Waals surface area contributed by atoms with E-state index in [9.17, 15) is 39.6 Å². The van der Waals surface area contributed by atoms with Gasteiger partial charge in [-0.15, -0.1) is 0 Å². The minimum absolute atomic E-state index is 0.00174. The summed E-state index contributed by atoms with van der Waals surface area (Å²) in [4.78, 5) is 51.8. The number of benzene rings is 1. The number of fused-ring (bicyclic) bond motifs is 3. The fraction of sp³-hybridized carbons (Fsp3) is 0.308. The van der Waals surface area contributed by atoms with Crippen LogP contribution in [0, 0.1) is 11.8 Å². The van der Waals surface area contributed by atoms with Gasteiger partial charge in [-0.1, -0.05) is 6.07 Å². The van der Waals surface area contributed by atoms with Crippen LogP contribution in [0.4, 0.5) is 0 Å². The van der Waals surface area contributed by atoms with E-state index in [1.165, 1.54) is 37.4 Å². The fourth-order valence-corrected chi connectivity index (χ4v) is 6.03. The Balaban J connectivity index is 1.72. The zero-order valence-corrected chi connectivity index (χ0v) is 19.9. The van der Waals surface area contributed by atoms with Crippen LogP contribution in [0.3, 0.4) is 0 Å². The SMILES string of the molecule is CN(C)[C@H]1C(=O)C(C(N)=O)=C(O)[C@@]2(O)C(=O)C3=C(O)c4c(ccc(-c5occc5C=O)c4O)C[C@H]3C[C@@H]12. The van der Waals surface area contributed by atoms with E-state index in [1.54, 1.807) is 6.07 Å². The van der Waals surface area contributed by atoms with Gasteiger partial charge in [0.25, 0.3) is 5.91 Å². The van der Waals surface area contributed by atoms with E-state index >= 15 is 0 Å². The Morgan fingerprint density at radius 1 is 1.19 bits per heavy atom. The van der Waals surface area contributed by atoms with Gasteiger partial charge in [0.1, 0.15) is 28.6 Å². The second-order valence-corrected chi connectivity index (χ2v) is 9.78. The fourth-order valence-electron chi connectivity index (χ4n) is 6.03. The highest BCUT2D eigenvalue weighted by molar-refractivity contribution is 6.24. The number of ketones is 2. The zero-order chi connectivity index (χ0) is 27.0. The standard InChI is InChI=1S/C26H24N2O9/c1-28(2)18-14-8-12-7-10-3-4-13(22-11(9-29)5-6-37-22)19(30)15(10)20(31)16(12)23(33)26(14,36)24(34)17(21(18)32)25(27)35/h3-6,9,12,14,18,30-31,34,36H,7-8H2,1-2H3,(H2,27,35)/t12-,14-,18+,26-/m0/s1. The molecule has 3 aliphatic rings. The number of aliphatic hydroxyl groups excluding tert-OH is 2. The van der Waals surface area contributed by atoms with E-state index in [4.69, 9.17) is 10.2 Å². The lowest BCUT2D eigenvalue weighted by Gasteiger charge is -2.50. The van der Waals surface area contributed by atoms with Gasteiger partial charge in [-0.2, -0.15) is 0 Å². The highest BCUT2D eigenvalue weighted by Crippen LogP contribution is 2.53. The number of aromatic hydroxyl groups is 1. The molecule has 0 aliphatic heterocycles. The van der Waals surface area contributed by atoms with Crippen LogP contribution < -0.4 is 5.73 Å². The number of Topliss-reactive ketones (excluding diaryl/α,β-unsaturated/α-hetero) is 2. The first-order valence-corrected chi connectivity index (χ1v) is 11.5. The van der Waals surface area contributed by atoms with Gasteiger partial charge >= 0.3 is 0 Å². The predicted molar refractivity (Wildman–Crippen MR) is 127 cm³/mol. The Labute approximate surface area is 210 Å². The molecule has 11 nitrogen and oxygen atoms in total. The van der Waals surface area contributed by atoms with Gasteiger partial charge in [-0.25, -0.2) is 0 Å². The summed E-state index contributed by atoms with van der Waals surface area (Å²) in [6.07, 6.45) is 1.98. The van der Waals surface area contributed by atoms with Gasteiger partial charge in [0, 0.05) is 11.5 Å². The molecule has 5 rings (SSSR count). The van der Waals surface area contributed by atoms with Gasteiger partial charge in [-0.05, 0) is 50.6 Å². The number of aliphatic hydroxyl groups is 3. The van der Waals surface area contributed by atoms with Crippen molar-refractivity contribution in [3.05, 3.63) is 58.1 Å². The van der Waals surface area contributed by atoms with Crippen LogP contribution in [0.5, 0.6) is 5.75 Å². The van der Waals surface area contributed by atoms with Crippen molar-refractivity contribution < 1.29 is 44.0 Å². The molecule has 192 valence electrons. The Hall–Kier alpha value is -4.22. The molecule has 2 aromatic rings. The van der Waals surface area contributed by atoms with Crippen LogP contribution in [-0.2, 0) is 20.8 Å². The number of hydrogen-bond acceptors (Lipinski definition) is 10.